The van der Waals surface area contributed by atoms with E-state index < -0.39 is 0 Å². The molecule has 0 aliphatic heterocycles. The highest BCUT2D eigenvalue weighted by Crippen LogP contribution is 2.39. The molecule has 196 valence electrons. The van der Waals surface area contributed by atoms with E-state index in [1.165, 1.54) is 60.4 Å². The van der Waals surface area contributed by atoms with Gasteiger partial charge in [0.25, 0.3) is 0 Å². The van der Waals surface area contributed by atoms with Gasteiger partial charge in [-0.2, -0.15) is 0 Å². The predicted octanol–water partition coefficient (Wildman–Crippen LogP) is 9.87. The predicted molar refractivity (Wildman–Crippen MR) is 173 cm³/mol. The van der Waals surface area contributed by atoms with Gasteiger partial charge in [0, 0.05) is 32.9 Å². The van der Waals surface area contributed by atoms with E-state index in [4.69, 9.17) is 4.98 Å². The standard InChI is InChI=1S/C38H29N3/c1-24-16-18-35-31(20-24)33-23-34-32-21-25(2)17-19-36(32)41(38(34)39-37(33)40(35)28-12-5-4-6-13-28)29-14-9-11-27(22-29)30-15-8-7-10-26(30)3/h4-23H,1-3H3. The van der Waals surface area contributed by atoms with E-state index in [-0.39, 0.29) is 0 Å². The maximum absolute atomic E-state index is 5.51. The molecule has 3 aromatic heterocycles. The minimum atomic E-state index is 0.969. The second kappa shape index (κ2) is 8.94. The van der Waals surface area contributed by atoms with Crippen LogP contribution in [0, 0.1) is 20.8 Å². The molecule has 0 atom stereocenters. The number of fused-ring (bicyclic) bond motifs is 6. The molecule has 41 heavy (non-hydrogen) atoms. The maximum Gasteiger partial charge on any atom is 0.148 e. The van der Waals surface area contributed by atoms with Gasteiger partial charge in [-0.15, -0.1) is 0 Å². The third-order valence-corrected chi connectivity index (χ3v) is 8.35. The molecule has 0 N–H and O–H groups in total. The summed E-state index contributed by atoms with van der Waals surface area (Å²) in [6, 6.07) is 43.8. The number of aromatic nitrogens is 3. The van der Waals surface area contributed by atoms with Crippen LogP contribution in [-0.4, -0.2) is 14.1 Å². The lowest BCUT2D eigenvalue weighted by Crippen LogP contribution is -1.99. The summed E-state index contributed by atoms with van der Waals surface area (Å²) in [4.78, 5) is 5.51. The van der Waals surface area contributed by atoms with Crippen LogP contribution < -0.4 is 0 Å². The molecular formula is C38H29N3. The van der Waals surface area contributed by atoms with Crippen molar-refractivity contribution in [1.82, 2.24) is 14.1 Å². The fourth-order valence-corrected chi connectivity index (χ4v) is 6.39. The number of para-hydroxylation sites is 1. The van der Waals surface area contributed by atoms with Crippen molar-refractivity contribution in [3.05, 3.63) is 138 Å². The fraction of sp³-hybridized carbons (Fsp3) is 0.0789. The number of hydrogen-bond acceptors (Lipinski definition) is 1. The van der Waals surface area contributed by atoms with Crippen LogP contribution in [0.3, 0.4) is 0 Å². The summed E-state index contributed by atoms with van der Waals surface area (Å²) in [5.41, 5.74) is 12.7. The van der Waals surface area contributed by atoms with Crippen molar-refractivity contribution in [1.29, 1.82) is 0 Å². The first-order valence-corrected chi connectivity index (χ1v) is 14.2. The van der Waals surface area contributed by atoms with Gasteiger partial charge in [-0.1, -0.05) is 77.9 Å². The van der Waals surface area contributed by atoms with Gasteiger partial charge in [0.2, 0.25) is 0 Å². The van der Waals surface area contributed by atoms with E-state index in [2.05, 4.69) is 151 Å². The number of rotatable bonds is 3. The lowest BCUT2D eigenvalue weighted by Gasteiger charge is -2.12. The zero-order valence-corrected chi connectivity index (χ0v) is 23.4. The van der Waals surface area contributed by atoms with Crippen LogP contribution in [-0.2, 0) is 0 Å². The molecule has 3 nitrogen and oxygen atoms in total. The molecule has 0 radical (unpaired) electrons. The molecule has 0 fully saturated rings. The van der Waals surface area contributed by atoms with E-state index >= 15 is 0 Å². The molecule has 0 saturated heterocycles. The van der Waals surface area contributed by atoms with Crippen LogP contribution in [0.5, 0.6) is 0 Å². The molecule has 8 aromatic rings. The van der Waals surface area contributed by atoms with E-state index in [9.17, 15) is 0 Å². The molecule has 0 unspecified atom stereocenters. The third-order valence-electron chi connectivity index (χ3n) is 8.35. The highest BCUT2D eigenvalue weighted by molar-refractivity contribution is 6.16. The Kier molecular flexibility index (Phi) is 5.17. The lowest BCUT2D eigenvalue weighted by atomic mass is 10.0. The summed E-state index contributed by atoms with van der Waals surface area (Å²) in [6.45, 7) is 6.50. The normalized spacial score (nSPS) is 11.8. The zero-order valence-electron chi connectivity index (χ0n) is 23.4. The first kappa shape index (κ1) is 23.7. The molecule has 0 aliphatic rings. The summed E-state index contributed by atoms with van der Waals surface area (Å²) in [5, 5.41) is 4.80. The van der Waals surface area contributed by atoms with E-state index in [0.29, 0.717) is 0 Å². The number of benzene rings is 5. The van der Waals surface area contributed by atoms with Crippen molar-refractivity contribution < 1.29 is 0 Å². The van der Waals surface area contributed by atoms with Crippen LogP contribution in [0.4, 0.5) is 0 Å². The SMILES string of the molecule is Cc1ccc2c(c1)c1cc3c4cc(C)ccc4n(-c4cccc(-c5ccccc5C)c4)c3nc1n2-c1ccccc1. The summed E-state index contributed by atoms with van der Waals surface area (Å²) in [6.07, 6.45) is 0. The van der Waals surface area contributed by atoms with Crippen molar-refractivity contribution in [3.8, 4) is 22.5 Å². The second-order valence-corrected chi connectivity index (χ2v) is 11.1. The number of aryl methyl sites for hydroxylation is 3. The van der Waals surface area contributed by atoms with Crippen molar-refractivity contribution in [2.45, 2.75) is 20.8 Å². The highest BCUT2D eigenvalue weighted by atomic mass is 15.1. The second-order valence-electron chi connectivity index (χ2n) is 11.1. The largest absolute Gasteiger partial charge is 0.294 e. The van der Waals surface area contributed by atoms with E-state index in [0.717, 1.165) is 22.7 Å². The molecular weight excluding hydrogens is 498 g/mol. The molecule has 5 aromatic carbocycles. The van der Waals surface area contributed by atoms with Gasteiger partial charge in [0.05, 0.1) is 11.0 Å². The molecule has 3 heterocycles. The van der Waals surface area contributed by atoms with Crippen LogP contribution >= 0.6 is 0 Å². The van der Waals surface area contributed by atoms with Gasteiger partial charge in [-0.3, -0.25) is 9.13 Å². The monoisotopic (exact) mass is 527 g/mol. The minimum absolute atomic E-state index is 0.969. The van der Waals surface area contributed by atoms with Crippen molar-refractivity contribution in [2.24, 2.45) is 0 Å². The summed E-state index contributed by atoms with van der Waals surface area (Å²) in [5.74, 6) is 0. The Hall–Kier alpha value is -5.15. The van der Waals surface area contributed by atoms with Gasteiger partial charge in [0.15, 0.2) is 0 Å². The molecule has 8 rings (SSSR count). The molecule has 3 heteroatoms. The van der Waals surface area contributed by atoms with Crippen molar-refractivity contribution in [2.75, 3.05) is 0 Å². The van der Waals surface area contributed by atoms with Gasteiger partial charge in [0.1, 0.15) is 11.3 Å². The molecule has 0 aliphatic carbocycles. The van der Waals surface area contributed by atoms with Crippen LogP contribution in [0.2, 0.25) is 0 Å². The smallest absolute Gasteiger partial charge is 0.148 e. The summed E-state index contributed by atoms with van der Waals surface area (Å²) < 4.78 is 4.64. The lowest BCUT2D eigenvalue weighted by molar-refractivity contribution is 1.11. The topological polar surface area (TPSA) is 22.8 Å². The van der Waals surface area contributed by atoms with Crippen LogP contribution in [0.25, 0.3) is 66.4 Å². The summed E-state index contributed by atoms with van der Waals surface area (Å²) in [7, 11) is 0. The third kappa shape index (κ3) is 3.63. The first-order valence-electron chi connectivity index (χ1n) is 14.2. The Morgan fingerprint density at radius 1 is 0.463 bits per heavy atom. The van der Waals surface area contributed by atoms with Crippen LogP contribution in [0.1, 0.15) is 16.7 Å². The van der Waals surface area contributed by atoms with Gasteiger partial charge in [-0.25, -0.2) is 4.98 Å². The van der Waals surface area contributed by atoms with Crippen molar-refractivity contribution >= 4 is 43.9 Å². The Labute approximate surface area is 238 Å². The Morgan fingerprint density at radius 3 is 1.71 bits per heavy atom. The Balaban J connectivity index is 1.51. The minimum Gasteiger partial charge on any atom is -0.294 e. The molecule has 0 spiro atoms. The van der Waals surface area contributed by atoms with Crippen molar-refractivity contribution in [3.63, 3.8) is 0 Å². The average Bonchev–Trinajstić information content (AvgIpc) is 3.48. The number of pyridine rings is 1. The Bertz CT molecular complexity index is 2280. The van der Waals surface area contributed by atoms with Crippen LogP contribution in [0.15, 0.2) is 121 Å². The zero-order chi connectivity index (χ0) is 27.7. The van der Waals surface area contributed by atoms with E-state index in [1.54, 1.807) is 0 Å². The number of hydrogen-bond donors (Lipinski definition) is 0. The van der Waals surface area contributed by atoms with Gasteiger partial charge < -0.3 is 0 Å². The summed E-state index contributed by atoms with van der Waals surface area (Å²) >= 11 is 0. The number of nitrogens with zero attached hydrogens (tertiary/aromatic N) is 3. The average molecular weight is 528 g/mol. The molecule has 0 amide bonds. The molecule has 0 saturated carbocycles. The Morgan fingerprint density at radius 2 is 1.05 bits per heavy atom. The maximum atomic E-state index is 5.51. The quantitative estimate of drug-likeness (QED) is 0.224. The first-order chi connectivity index (χ1) is 20.1. The van der Waals surface area contributed by atoms with Gasteiger partial charge >= 0.3 is 0 Å². The van der Waals surface area contributed by atoms with E-state index in [1.807, 2.05) is 0 Å². The highest BCUT2D eigenvalue weighted by Gasteiger charge is 2.20. The van der Waals surface area contributed by atoms with Gasteiger partial charge in [-0.05, 0) is 92.1 Å². The fourth-order valence-electron chi connectivity index (χ4n) is 6.39. The molecule has 0 bridgehead atoms.